The number of anilines is 1. The lowest BCUT2D eigenvalue weighted by molar-refractivity contribution is 0.441. The predicted octanol–water partition coefficient (Wildman–Crippen LogP) is 3.53. The number of fused-ring (bicyclic) bond motifs is 2. The molecule has 0 N–H and O–H groups in total. The van der Waals surface area contributed by atoms with Gasteiger partial charge in [0.2, 0.25) is 0 Å². The van der Waals surface area contributed by atoms with Crippen LogP contribution in [-0.2, 0) is 13.0 Å². The molecule has 3 aromatic rings. The summed E-state index contributed by atoms with van der Waals surface area (Å²) in [4.78, 5) is 6.94. The zero-order chi connectivity index (χ0) is 16.6. The van der Waals surface area contributed by atoms with Crippen LogP contribution in [-0.4, -0.2) is 32.8 Å². The highest BCUT2D eigenvalue weighted by molar-refractivity contribution is 5.74. The Morgan fingerprint density at radius 1 is 1.00 bits per heavy atom. The van der Waals surface area contributed by atoms with Crippen LogP contribution < -0.4 is 4.90 Å². The summed E-state index contributed by atoms with van der Waals surface area (Å²) in [5.74, 6) is 2.74. The summed E-state index contributed by atoms with van der Waals surface area (Å²) < 4.78 is 8.36. The minimum Gasteiger partial charge on any atom is -0.423 e. The molecular weight excluding hydrogens is 314 g/mol. The molecule has 0 unspecified atom stereocenters. The molecule has 1 aromatic carbocycles. The van der Waals surface area contributed by atoms with Crippen molar-refractivity contribution in [2.75, 3.05) is 18.0 Å². The topological polar surface area (TPSA) is 60.0 Å². The first-order chi connectivity index (χ1) is 12.4. The van der Waals surface area contributed by atoms with Gasteiger partial charge < -0.3 is 13.9 Å². The zero-order valence-corrected chi connectivity index (χ0v) is 14.4. The Hall–Kier alpha value is -2.37. The maximum atomic E-state index is 5.98. The van der Waals surface area contributed by atoms with Crippen molar-refractivity contribution < 1.29 is 4.42 Å². The number of oxazole rings is 1. The van der Waals surface area contributed by atoms with E-state index in [1.54, 1.807) is 0 Å². The Morgan fingerprint density at radius 3 is 2.92 bits per heavy atom. The molecule has 6 heteroatoms. The van der Waals surface area contributed by atoms with Gasteiger partial charge in [0.1, 0.15) is 17.2 Å². The van der Waals surface area contributed by atoms with Gasteiger partial charge >= 0.3 is 0 Å². The number of piperidine rings is 1. The van der Waals surface area contributed by atoms with Gasteiger partial charge in [-0.1, -0.05) is 18.6 Å². The van der Waals surface area contributed by atoms with Crippen molar-refractivity contribution in [1.29, 1.82) is 0 Å². The molecule has 0 aliphatic carbocycles. The van der Waals surface area contributed by atoms with Gasteiger partial charge in [0.05, 0.1) is 0 Å². The van der Waals surface area contributed by atoms with Crippen LogP contribution in [0.15, 0.2) is 28.7 Å². The van der Waals surface area contributed by atoms with Crippen LogP contribution >= 0.6 is 0 Å². The fraction of sp³-hybridized carbons (Fsp3) is 0.526. The highest BCUT2D eigenvalue weighted by Gasteiger charge is 2.29. The summed E-state index contributed by atoms with van der Waals surface area (Å²) in [7, 11) is 0. The van der Waals surface area contributed by atoms with E-state index in [-0.39, 0.29) is 0 Å². The first-order valence-corrected chi connectivity index (χ1v) is 9.41. The van der Waals surface area contributed by atoms with Gasteiger partial charge in [0.15, 0.2) is 5.58 Å². The Balaban J connectivity index is 1.42. The van der Waals surface area contributed by atoms with E-state index in [1.807, 2.05) is 24.3 Å². The second-order valence-electron chi connectivity index (χ2n) is 7.19. The third-order valence-corrected chi connectivity index (χ3v) is 5.48. The summed E-state index contributed by atoms with van der Waals surface area (Å²) >= 11 is 0. The van der Waals surface area contributed by atoms with E-state index in [4.69, 9.17) is 4.42 Å². The molecule has 0 spiro atoms. The summed E-state index contributed by atoms with van der Waals surface area (Å²) in [6.45, 7) is 2.96. The molecule has 6 nitrogen and oxygen atoms in total. The summed E-state index contributed by atoms with van der Waals surface area (Å²) in [5.41, 5.74) is 1.78. The van der Waals surface area contributed by atoms with Gasteiger partial charge in [0, 0.05) is 32.0 Å². The lowest BCUT2D eigenvalue weighted by Gasteiger charge is -2.31. The third-order valence-electron chi connectivity index (χ3n) is 5.48. The molecule has 0 amide bonds. The van der Waals surface area contributed by atoms with E-state index in [2.05, 4.69) is 24.6 Å². The molecule has 2 aromatic heterocycles. The average Bonchev–Trinajstić information content (AvgIpc) is 3.19. The van der Waals surface area contributed by atoms with Crippen molar-refractivity contribution in [3.63, 3.8) is 0 Å². The molecule has 0 radical (unpaired) electrons. The van der Waals surface area contributed by atoms with Crippen LogP contribution in [0.5, 0.6) is 0 Å². The minimum absolute atomic E-state index is 0.406. The monoisotopic (exact) mass is 337 g/mol. The Bertz CT molecular complexity index is 850. The number of aryl methyl sites for hydroxylation is 1. The molecule has 5 rings (SSSR count). The number of aromatic nitrogens is 4. The first kappa shape index (κ1) is 14.9. The smallest absolute Gasteiger partial charge is 0.298 e. The van der Waals surface area contributed by atoms with Gasteiger partial charge in [-0.05, 0) is 37.8 Å². The van der Waals surface area contributed by atoms with Crippen LogP contribution in [0.2, 0.25) is 0 Å². The standard InChI is InChI=1S/C19H23N5O/c1-2-10-17-21-22-18(24(17)12-5-1)14-7-6-11-23(13-14)19-20-15-8-3-4-9-16(15)25-19/h3-4,8-9,14H,1-2,5-7,10-13H2/t14-/m0/s1. The number of nitrogens with zero attached hydrogens (tertiary/aromatic N) is 5. The molecule has 0 bridgehead atoms. The van der Waals surface area contributed by atoms with Gasteiger partial charge in [-0.25, -0.2) is 0 Å². The maximum absolute atomic E-state index is 5.98. The fourth-order valence-corrected chi connectivity index (χ4v) is 4.17. The number of hydrogen-bond donors (Lipinski definition) is 0. The van der Waals surface area contributed by atoms with Crippen LogP contribution in [0.25, 0.3) is 11.1 Å². The second-order valence-corrected chi connectivity index (χ2v) is 7.19. The Morgan fingerprint density at radius 2 is 1.96 bits per heavy atom. The van der Waals surface area contributed by atoms with Crippen molar-refractivity contribution in [3.8, 4) is 0 Å². The van der Waals surface area contributed by atoms with E-state index in [0.717, 1.165) is 61.8 Å². The van der Waals surface area contributed by atoms with Crippen LogP contribution in [0.1, 0.15) is 49.7 Å². The van der Waals surface area contributed by atoms with Gasteiger partial charge in [-0.2, -0.15) is 4.98 Å². The van der Waals surface area contributed by atoms with Crippen LogP contribution in [0, 0.1) is 0 Å². The molecule has 1 atom stereocenters. The van der Waals surface area contributed by atoms with Gasteiger partial charge in [-0.3, -0.25) is 0 Å². The molecule has 1 saturated heterocycles. The van der Waals surface area contributed by atoms with Crippen LogP contribution in [0.3, 0.4) is 0 Å². The molecule has 2 aliphatic heterocycles. The Labute approximate surface area is 146 Å². The molecular formula is C19H23N5O. The minimum atomic E-state index is 0.406. The number of rotatable bonds is 2. The van der Waals surface area contributed by atoms with Crippen molar-refractivity contribution in [2.24, 2.45) is 0 Å². The molecule has 0 saturated carbocycles. The second kappa shape index (κ2) is 6.17. The fourth-order valence-electron chi connectivity index (χ4n) is 4.17. The summed E-state index contributed by atoms with van der Waals surface area (Å²) in [6.07, 6.45) is 7.12. The van der Waals surface area contributed by atoms with Gasteiger partial charge in [-0.15, -0.1) is 10.2 Å². The molecule has 25 heavy (non-hydrogen) atoms. The molecule has 2 aliphatic rings. The van der Waals surface area contributed by atoms with Gasteiger partial charge in [0.25, 0.3) is 6.01 Å². The summed E-state index contributed by atoms with van der Waals surface area (Å²) in [6, 6.07) is 8.70. The highest BCUT2D eigenvalue weighted by Crippen LogP contribution is 2.31. The average molecular weight is 337 g/mol. The van der Waals surface area contributed by atoms with Crippen molar-refractivity contribution in [3.05, 3.63) is 35.9 Å². The van der Waals surface area contributed by atoms with Crippen molar-refractivity contribution in [1.82, 2.24) is 19.7 Å². The largest absolute Gasteiger partial charge is 0.423 e. The molecule has 1 fully saturated rings. The SMILES string of the molecule is c1ccc2oc(N3CCC[C@H](c4nnc5n4CCCCC5)C3)nc2c1. The Kier molecular flexibility index (Phi) is 3.68. The van der Waals surface area contributed by atoms with E-state index >= 15 is 0 Å². The quantitative estimate of drug-likeness (QED) is 0.716. The summed E-state index contributed by atoms with van der Waals surface area (Å²) in [5, 5.41) is 9.05. The van der Waals surface area contributed by atoms with E-state index in [0.29, 0.717) is 5.92 Å². The van der Waals surface area contributed by atoms with Crippen molar-refractivity contribution in [2.45, 2.75) is 51.0 Å². The lowest BCUT2D eigenvalue weighted by Crippen LogP contribution is -2.35. The van der Waals surface area contributed by atoms with Crippen LogP contribution in [0.4, 0.5) is 6.01 Å². The van der Waals surface area contributed by atoms with E-state index in [1.165, 1.54) is 25.1 Å². The predicted molar refractivity (Wildman–Crippen MR) is 95.8 cm³/mol. The highest BCUT2D eigenvalue weighted by atomic mass is 16.4. The van der Waals surface area contributed by atoms with E-state index in [9.17, 15) is 0 Å². The zero-order valence-electron chi connectivity index (χ0n) is 14.4. The molecule has 130 valence electrons. The molecule has 4 heterocycles. The number of para-hydroxylation sites is 2. The van der Waals surface area contributed by atoms with Crippen molar-refractivity contribution >= 4 is 17.1 Å². The normalized spacial score (nSPS) is 21.3. The lowest BCUT2D eigenvalue weighted by atomic mass is 9.97. The number of hydrogen-bond acceptors (Lipinski definition) is 5. The van der Waals surface area contributed by atoms with E-state index < -0.39 is 0 Å². The third kappa shape index (κ3) is 2.69. The number of benzene rings is 1. The maximum Gasteiger partial charge on any atom is 0.298 e. The first-order valence-electron chi connectivity index (χ1n) is 9.41.